The molecule has 1 heterocycles. The Morgan fingerprint density at radius 2 is 2.50 bits per heavy atom. The fourth-order valence-corrected chi connectivity index (χ4v) is 2.89. The van der Waals surface area contributed by atoms with Gasteiger partial charge >= 0.3 is 0 Å². The molecule has 0 spiro atoms. The first-order valence-electron chi connectivity index (χ1n) is 4.64. The normalized spacial score (nSPS) is 26.0. The molecule has 0 aliphatic carbocycles. The third kappa shape index (κ3) is 4.06. The third-order valence-electron chi connectivity index (χ3n) is 2.29. The monoisotopic (exact) mass is 205 g/mol. The molecule has 1 aliphatic rings. The molecule has 0 aromatic heterocycles. The summed E-state index contributed by atoms with van der Waals surface area (Å²) in [5, 5.41) is 4.31. The summed E-state index contributed by atoms with van der Waals surface area (Å²) in [6.45, 7) is 4.68. The minimum Gasteiger partial charge on any atom is -0.315 e. The molecule has 0 amide bonds. The van der Waals surface area contributed by atoms with Crippen LogP contribution >= 0.6 is 23.5 Å². The van der Waals surface area contributed by atoms with Crippen molar-refractivity contribution in [3.63, 3.8) is 0 Å². The quantitative estimate of drug-likeness (QED) is 0.738. The zero-order valence-electron chi connectivity index (χ0n) is 8.01. The molecule has 12 heavy (non-hydrogen) atoms. The highest BCUT2D eigenvalue weighted by atomic mass is 32.2. The van der Waals surface area contributed by atoms with Crippen molar-refractivity contribution in [1.29, 1.82) is 0 Å². The molecule has 72 valence electrons. The molecule has 3 heteroatoms. The standard InChI is InChI=1S/C9H19NS2/c1-8(11-2)5-10-6-9-3-4-12-7-9/h8-10H,3-7H2,1-2H3. The maximum Gasteiger partial charge on any atom is 0.0141 e. The second-order valence-electron chi connectivity index (χ2n) is 3.43. The zero-order valence-corrected chi connectivity index (χ0v) is 9.64. The van der Waals surface area contributed by atoms with E-state index in [9.17, 15) is 0 Å². The molecule has 0 aromatic carbocycles. The summed E-state index contributed by atoms with van der Waals surface area (Å²) in [6, 6.07) is 0. The maximum atomic E-state index is 3.54. The van der Waals surface area contributed by atoms with Gasteiger partial charge in [0.25, 0.3) is 0 Å². The third-order valence-corrected chi connectivity index (χ3v) is 4.49. The van der Waals surface area contributed by atoms with Crippen LogP contribution in [-0.2, 0) is 0 Å². The topological polar surface area (TPSA) is 12.0 Å². The van der Waals surface area contributed by atoms with Gasteiger partial charge in [-0.15, -0.1) is 0 Å². The second-order valence-corrected chi connectivity index (χ2v) is 5.86. The summed E-state index contributed by atoms with van der Waals surface area (Å²) in [5.74, 6) is 3.70. The summed E-state index contributed by atoms with van der Waals surface area (Å²) in [4.78, 5) is 0. The highest BCUT2D eigenvalue weighted by Gasteiger charge is 2.14. The predicted molar refractivity (Wildman–Crippen MR) is 61.3 cm³/mol. The predicted octanol–water partition coefficient (Wildman–Crippen LogP) is 2.08. The van der Waals surface area contributed by atoms with Crippen LogP contribution in [0, 0.1) is 5.92 Å². The lowest BCUT2D eigenvalue weighted by Crippen LogP contribution is -2.28. The lowest BCUT2D eigenvalue weighted by molar-refractivity contribution is 0.525. The molecule has 0 aromatic rings. The fourth-order valence-electron chi connectivity index (χ4n) is 1.32. The van der Waals surface area contributed by atoms with Gasteiger partial charge < -0.3 is 5.32 Å². The molecule has 2 unspecified atom stereocenters. The van der Waals surface area contributed by atoms with Gasteiger partial charge in [0.1, 0.15) is 0 Å². The van der Waals surface area contributed by atoms with Crippen LogP contribution in [0.15, 0.2) is 0 Å². The van der Waals surface area contributed by atoms with E-state index in [1.807, 2.05) is 11.8 Å². The SMILES string of the molecule is CSC(C)CNCC1CCSC1. The number of thioether (sulfide) groups is 2. The van der Waals surface area contributed by atoms with E-state index in [1.165, 1.54) is 31.0 Å². The smallest absolute Gasteiger partial charge is 0.0141 e. The highest BCUT2D eigenvalue weighted by molar-refractivity contribution is 7.99. The van der Waals surface area contributed by atoms with E-state index in [1.54, 1.807) is 0 Å². The van der Waals surface area contributed by atoms with Gasteiger partial charge in [-0.2, -0.15) is 23.5 Å². The molecule has 0 radical (unpaired) electrons. The molecule has 0 saturated carbocycles. The Labute approximate surface area is 84.4 Å². The number of hydrogen-bond acceptors (Lipinski definition) is 3. The first-order valence-corrected chi connectivity index (χ1v) is 7.08. The Bertz CT molecular complexity index is 113. The molecule has 1 N–H and O–H groups in total. The van der Waals surface area contributed by atoms with E-state index in [4.69, 9.17) is 0 Å². The highest BCUT2D eigenvalue weighted by Crippen LogP contribution is 2.22. The van der Waals surface area contributed by atoms with Crippen molar-refractivity contribution in [1.82, 2.24) is 5.32 Å². The van der Waals surface area contributed by atoms with Crippen molar-refractivity contribution in [3.05, 3.63) is 0 Å². The van der Waals surface area contributed by atoms with Gasteiger partial charge in [0.2, 0.25) is 0 Å². The Kier molecular flexibility index (Phi) is 5.52. The zero-order chi connectivity index (χ0) is 8.81. The Morgan fingerprint density at radius 1 is 1.67 bits per heavy atom. The van der Waals surface area contributed by atoms with Gasteiger partial charge in [0.05, 0.1) is 0 Å². The van der Waals surface area contributed by atoms with Crippen LogP contribution in [0.5, 0.6) is 0 Å². The Balaban J connectivity index is 1.94. The van der Waals surface area contributed by atoms with Crippen LogP contribution in [0.25, 0.3) is 0 Å². The number of nitrogens with one attached hydrogen (secondary N) is 1. The van der Waals surface area contributed by atoms with Gasteiger partial charge in [0, 0.05) is 11.8 Å². The largest absolute Gasteiger partial charge is 0.315 e. The van der Waals surface area contributed by atoms with E-state index in [-0.39, 0.29) is 0 Å². The van der Waals surface area contributed by atoms with Crippen molar-refractivity contribution in [3.8, 4) is 0 Å². The maximum absolute atomic E-state index is 3.54. The van der Waals surface area contributed by atoms with Crippen LogP contribution in [0.2, 0.25) is 0 Å². The van der Waals surface area contributed by atoms with Crippen LogP contribution in [0.4, 0.5) is 0 Å². The Hall–Kier alpha value is 0.660. The lowest BCUT2D eigenvalue weighted by atomic mass is 10.1. The fraction of sp³-hybridized carbons (Fsp3) is 1.00. The van der Waals surface area contributed by atoms with E-state index >= 15 is 0 Å². The minimum absolute atomic E-state index is 0.763. The van der Waals surface area contributed by atoms with E-state index in [0.717, 1.165) is 11.2 Å². The average molecular weight is 205 g/mol. The van der Waals surface area contributed by atoms with Crippen molar-refractivity contribution in [2.45, 2.75) is 18.6 Å². The summed E-state index contributed by atoms with van der Waals surface area (Å²) in [5.41, 5.74) is 0. The minimum atomic E-state index is 0.763. The van der Waals surface area contributed by atoms with E-state index in [2.05, 4.69) is 30.3 Å². The van der Waals surface area contributed by atoms with Crippen LogP contribution in [-0.4, -0.2) is 36.1 Å². The number of rotatable bonds is 5. The first-order chi connectivity index (χ1) is 5.83. The van der Waals surface area contributed by atoms with Crippen molar-refractivity contribution >= 4 is 23.5 Å². The van der Waals surface area contributed by atoms with Gasteiger partial charge in [-0.3, -0.25) is 0 Å². The van der Waals surface area contributed by atoms with Crippen LogP contribution in [0.3, 0.4) is 0 Å². The molecule has 0 bridgehead atoms. The summed E-state index contributed by atoms with van der Waals surface area (Å²) in [6.07, 6.45) is 3.60. The van der Waals surface area contributed by atoms with Gasteiger partial charge in [-0.05, 0) is 36.6 Å². The molecular formula is C9H19NS2. The molecule has 1 nitrogen and oxygen atoms in total. The molecule has 2 atom stereocenters. The van der Waals surface area contributed by atoms with Crippen molar-refractivity contribution in [2.24, 2.45) is 5.92 Å². The molecule has 1 saturated heterocycles. The van der Waals surface area contributed by atoms with Gasteiger partial charge in [0.15, 0.2) is 0 Å². The van der Waals surface area contributed by atoms with Crippen molar-refractivity contribution in [2.75, 3.05) is 30.9 Å². The summed E-state index contributed by atoms with van der Waals surface area (Å²) < 4.78 is 0. The van der Waals surface area contributed by atoms with Gasteiger partial charge in [-0.1, -0.05) is 6.92 Å². The molecule has 1 rings (SSSR count). The lowest BCUT2D eigenvalue weighted by Gasteiger charge is -2.12. The summed E-state index contributed by atoms with van der Waals surface area (Å²) in [7, 11) is 0. The first kappa shape index (κ1) is 10.7. The van der Waals surface area contributed by atoms with Crippen molar-refractivity contribution < 1.29 is 0 Å². The second kappa shape index (κ2) is 6.17. The van der Waals surface area contributed by atoms with Crippen LogP contribution in [0.1, 0.15) is 13.3 Å². The molecule has 1 fully saturated rings. The van der Waals surface area contributed by atoms with Crippen LogP contribution < -0.4 is 5.32 Å². The Morgan fingerprint density at radius 3 is 3.08 bits per heavy atom. The van der Waals surface area contributed by atoms with E-state index in [0.29, 0.717) is 0 Å². The summed E-state index contributed by atoms with van der Waals surface area (Å²) >= 11 is 4.04. The molecule has 1 aliphatic heterocycles. The molecular weight excluding hydrogens is 186 g/mol. The van der Waals surface area contributed by atoms with E-state index < -0.39 is 0 Å². The van der Waals surface area contributed by atoms with Gasteiger partial charge in [-0.25, -0.2) is 0 Å². The number of hydrogen-bond donors (Lipinski definition) is 1. The average Bonchev–Trinajstić information content (AvgIpc) is 2.57.